The summed E-state index contributed by atoms with van der Waals surface area (Å²) in [6, 6.07) is 11.4. The second kappa shape index (κ2) is 10.5. The number of hydrogen-bond acceptors (Lipinski definition) is 7. The molecule has 2 amide bonds. The zero-order valence-electron chi connectivity index (χ0n) is 18.4. The average Bonchev–Trinajstić information content (AvgIpc) is 3.28. The summed E-state index contributed by atoms with van der Waals surface area (Å²) in [7, 11) is 0. The molecule has 9 nitrogen and oxygen atoms in total. The Bertz CT molecular complexity index is 1100. The second-order valence-electron chi connectivity index (χ2n) is 7.67. The van der Waals surface area contributed by atoms with Crippen LogP contribution in [0, 0.1) is 5.92 Å². The lowest BCUT2D eigenvalue weighted by Crippen LogP contribution is -2.44. The number of amides is 2. The lowest BCUT2D eigenvalue weighted by atomic mass is 9.97. The zero-order valence-corrected chi connectivity index (χ0v) is 19.2. The van der Waals surface area contributed by atoms with Crippen molar-refractivity contribution in [2.45, 2.75) is 24.9 Å². The van der Waals surface area contributed by atoms with E-state index in [1.807, 2.05) is 47.9 Å². The standard InChI is InChI=1S/C23H26N6O3S/c1-2-32-19-7-5-18(6-8-19)29-22(16-9-11-25-12-10-16)26-27-23(29)33-15-20(30)28-13-3-4-17(14-28)21(24)31/h5-12,17H,2-4,13-15H2,1H3,(H2,24,31). The maximum absolute atomic E-state index is 12.9. The first-order valence-corrected chi connectivity index (χ1v) is 11.8. The zero-order chi connectivity index (χ0) is 23.2. The number of benzene rings is 1. The smallest absolute Gasteiger partial charge is 0.233 e. The van der Waals surface area contributed by atoms with Crippen LogP contribution in [0.5, 0.6) is 5.75 Å². The molecule has 0 aliphatic carbocycles. The van der Waals surface area contributed by atoms with E-state index in [0.29, 0.717) is 30.7 Å². The van der Waals surface area contributed by atoms with Gasteiger partial charge >= 0.3 is 0 Å². The number of nitrogens with zero attached hydrogens (tertiary/aromatic N) is 5. The Hall–Kier alpha value is -3.40. The van der Waals surface area contributed by atoms with Crippen molar-refractivity contribution in [2.75, 3.05) is 25.4 Å². The summed E-state index contributed by atoms with van der Waals surface area (Å²) >= 11 is 1.32. The number of likely N-dealkylation sites (tertiary alicyclic amines) is 1. The van der Waals surface area contributed by atoms with E-state index in [1.165, 1.54) is 11.8 Å². The van der Waals surface area contributed by atoms with Gasteiger partial charge in [-0.1, -0.05) is 11.8 Å². The SMILES string of the molecule is CCOc1ccc(-n2c(SCC(=O)N3CCCC(C(N)=O)C3)nnc2-c2ccncc2)cc1. The van der Waals surface area contributed by atoms with Gasteiger partial charge in [-0.05, 0) is 56.2 Å². The van der Waals surface area contributed by atoms with Gasteiger partial charge in [0.05, 0.1) is 18.3 Å². The van der Waals surface area contributed by atoms with Crippen molar-refractivity contribution < 1.29 is 14.3 Å². The molecular weight excluding hydrogens is 440 g/mol. The third kappa shape index (κ3) is 5.33. The van der Waals surface area contributed by atoms with Crippen LogP contribution in [0.15, 0.2) is 53.9 Å². The van der Waals surface area contributed by atoms with Gasteiger partial charge in [-0.3, -0.25) is 19.1 Å². The molecule has 172 valence electrons. The third-order valence-corrected chi connectivity index (χ3v) is 6.39. The summed E-state index contributed by atoms with van der Waals surface area (Å²) in [4.78, 5) is 30.2. The Morgan fingerprint density at radius 1 is 1.15 bits per heavy atom. The van der Waals surface area contributed by atoms with Gasteiger partial charge in [-0.15, -0.1) is 10.2 Å². The van der Waals surface area contributed by atoms with Crippen molar-refractivity contribution in [3.63, 3.8) is 0 Å². The van der Waals surface area contributed by atoms with Crippen molar-refractivity contribution in [3.8, 4) is 22.8 Å². The number of hydrogen-bond donors (Lipinski definition) is 1. The molecular formula is C23H26N6O3S. The highest BCUT2D eigenvalue weighted by atomic mass is 32.2. The predicted molar refractivity (Wildman–Crippen MR) is 125 cm³/mol. The first-order chi connectivity index (χ1) is 16.1. The van der Waals surface area contributed by atoms with E-state index >= 15 is 0 Å². The molecule has 0 saturated carbocycles. The molecule has 1 unspecified atom stereocenters. The second-order valence-corrected chi connectivity index (χ2v) is 8.62. The van der Waals surface area contributed by atoms with Crippen LogP contribution in [0.25, 0.3) is 17.1 Å². The minimum absolute atomic E-state index is 0.0438. The van der Waals surface area contributed by atoms with Crippen LogP contribution < -0.4 is 10.5 Å². The molecule has 0 radical (unpaired) electrons. The van der Waals surface area contributed by atoms with E-state index in [0.717, 1.165) is 29.8 Å². The largest absolute Gasteiger partial charge is 0.494 e. The quantitative estimate of drug-likeness (QED) is 0.507. The van der Waals surface area contributed by atoms with Crippen LogP contribution >= 0.6 is 11.8 Å². The molecule has 2 aromatic heterocycles. The Morgan fingerprint density at radius 2 is 1.91 bits per heavy atom. The van der Waals surface area contributed by atoms with Crippen LogP contribution in [0.4, 0.5) is 0 Å². The highest BCUT2D eigenvalue weighted by molar-refractivity contribution is 7.99. The van der Waals surface area contributed by atoms with E-state index in [4.69, 9.17) is 10.5 Å². The van der Waals surface area contributed by atoms with Crippen LogP contribution in [0.2, 0.25) is 0 Å². The molecule has 3 heterocycles. The molecule has 0 spiro atoms. The van der Waals surface area contributed by atoms with Gasteiger partial charge in [-0.2, -0.15) is 0 Å². The van der Waals surface area contributed by atoms with Crippen molar-refractivity contribution in [2.24, 2.45) is 11.7 Å². The summed E-state index contributed by atoms with van der Waals surface area (Å²) in [6.45, 7) is 3.54. The number of pyridine rings is 1. The fourth-order valence-corrected chi connectivity index (χ4v) is 4.65. The van der Waals surface area contributed by atoms with Gasteiger partial charge in [0.1, 0.15) is 5.75 Å². The first kappa shape index (κ1) is 22.8. The van der Waals surface area contributed by atoms with Gasteiger partial charge in [0.2, 0.25) is 11.8 Å². The number of carbonyl (C=O) groups excluding carboxylic acids is 2. The van der Waals surface area contributed by atoms with Crippen LogP contribution in [-0.2, 0) is 9.59 Å². The van der Waals surface area contributed by atoms with Crippen molar-refractivity contribution in [3.05, 3.63) is 48.8 Å². The predicted octanol–water partition coefficient (Wildman–Crippen LogP) is 2.54. The number of carbonyl (C=O) groups is 2. The number of primary amides is 1. The number of ether oxygens (including phenoxy) is 1. The molecule has 1 atom stereocenters. The average molecular weight is 467 g/mol. The molecule has 10 heteroatoms. The van der Waals surface area contributed by atoms with E-state index < -0.39 is 0 Å². The van der Waals surface area contributed by atoms with Crippen molar-refractivity contribution >= 4 is 23.6 Å². The number of thioether (sulfide) groups is 1. The fourth-order valence-electron chi connectivity index (χ4n) is 3.80. The Kier molecular flexibility index (Phi) is 7.23. The van der Waals surface area contributed by atoms with Gasteiger partial charge in [0, 0.05) is 36.7 Å². The summed E-state index contributed by atoms with van der Waals surface area (Å²) in [5.41, 5.74) is 7.17. The Labute approximate surface area is 196 Å². The summed E-state index contributed by atoms with van der Waals surface area (Å²) in [5.74, 6) is 0.951. The van der Waals surface area contributed by atoms with E-state index in [1.54, 1.807) is 17.3 Å². The number of rotatable bonds is 8. The topological polar surface area (TPSA) is 116 Å². The Balaban J connectivity index is 1.57. The molecule has 1 aliphatic heterocycles. The number of nitrogens with two attached hydrogens (primary N) is 1. The lowest BCUT2D eigenvalue weighted by Gasteiger charge is -2.31. The maximum atomic E-state index is 12.9. The summed E-state index contributed by atoms with van der Waals surface area (Å²) in [5, 5.41) is 9.36. The normalized spacial score (nSPS) is 15.9. The monoisotopic (exact) mass is 466 g/mol. The Morgan fingerprint density at radius 3 is 2.61 bits per heavy atom. The maximum Gasteiger partial charge on any atom is 0.233 e. The van der Waals surface area contributed by atoms with Gasteiger partial charge in [0.25, 0.3) is 0 Å². The van der Waals surface area contributed by atoms with E-state index in [-0.39, 0.29) is 23.5 Å². The molecule has 1 aromatic carbocycles. The van der Waals surface area contributed by atoms with Crippen LogP contribution in [0.1, 0.15) is 19.8 Å². The van der Waals surface area contributed by atoms with Crippen LogP contribution in [-0.4, -0.2) is 61.9 Å². The first-order valence-electron chi connectivity index (χ1n) is 10.9. The molecule has 1 fully saturated rings. The molecule has 1 saturated heterocycles. The number of aromatic nitrogens is 4. The van der Waals surface area contributed by atoms with Gasteiger partial charge in [0.15, 0.2) is 11.0 Å². The highest BCUT2D eigenvalue weighted by Gasteiger charge is 2.27. The van der Waals surface area contributed by atoms with Crippen LogP contribution in [0.3, 0.4) is 0 Å². The van der Waals surface area contributed by atoms with Crippen molar-refractivity contribution in [1.82, 2.24) is 24.6 Å². The van der Waals surface area contributed by atoms with Gasteiger partial charge < -0.3 is 15.4 Å². The van der Waals surface area contributed by atoms with Gasteiger partial charge in [-0.25, -0.2) is 0 Å². The highest BCUT2D eigenvalue weighted by Crippen LogP contribution is 2.29. The third-order valence-electron chi connectivity index (χ3n) is 5.48. The number of piperidine rings is 1. The molecule has 2 N–H and O–H groups in total. The molecule has 0 bridgehead atoms. The minimum atomic E-state index is -0.350. The molecule has 33 heavy (non-hydrogen) atoms. The summed E-state index contributed by atoms with van der Waals surface area (Å²) < 4.78 is 7.48. The molecule has 1 aliphatic rings. The minimum Gasteiger partial charge on any atom is -0.494 e. The van der Waals surface area contributed by atoms with E-state index in [9.17, 15) is 9.59 Å². The summed E-state index contributed by atoms with van der Waals surface area (Å²) in [6.07, 6.45) is 4.91. The molecule has 4 rings (SSSR count). The van der Waals surface area contributed by atoms with Crippen molar-refractivity contribution in [1.29, 1.82) is 0 Å². The fraction of sp³-hybridized carbons (Fsp3) is 0.348. The molecule has 3 aromatic rings. The lowest BCUT2D eigenvalue weighted by molar-refractivity contribution is -0.132. The van der Waals surface area contributed by atoms with E-state index in [2.05, 4.69) is 15.2 Å².